The average molecular weight is 562 g/mol. The number of rotatable bonds is 12. The van der Waals surface area contributed by atoms with E-state index in [0.717, 1.165) is 48.1 Å². The van der Waals surface area contributed by atoms with Crippen molar-refractivity contribution in [2.75, 3.05) is 26.7 Å². The normalized spacial score (nSPS) is 16.8. The van der Waals surface area contributed by atoms with Gasteiger partial charge in [0, 0.05) is 48.2 Å². The zero-order valence-electron chi connectivity index (χ0n) is 23.5. The molecule has 4 rings (SSSR count). The molecule has 3 aromatic rings. The van der Waals surface area contributed by atoms with E-state index in [1.165, 1.54) is 5.56 Å². The van der Waals surface area contributed by atoms with Crippen LogP contribution in [-0.4, -0.2) is 49.0 Å². The summed E-state index contributed by atoms with van der Waals surface area (Å²) in [5.41, 5.74) is 4.28. The molecule has 1 fully saturated rings. The van der Waals surface area contributed by atoms with Crippen LogP contribution >= 0.6 is 11.6 Å². The molecule has 3 N–H and O–H groups in total. The molecule has 1 heterocycles. The van der Waals surface area contributed by atoms with Gasteiger partial charge in [0.1, 0.15) is 0 Å². The molecule has 0 spiro atoms. The Balaban J connectivity index is 1.69. The topological polar surface area (TPSA) is 81.7 Å². The minimum atomic E-state index is -1.25. The molecule has 6 nitrogen and oxygen atoms in total. The van der Waals surface area contributed by atoms with Gasteiger partial charge in [-0.05, 0) is 79.6 Å². The molecule has 1 aliphatic heterocycles. The number of piperidine rings is 1. The number of carbonyl (C=O) groups excluding carboxylic acids is 2. The fourth-order valence-corrected chi connectivity index (χ4v) is 6.19. The molecule has 0 aliphatic carbocycles. The first-order chi connectivity index (χ1) is 19.4. The smallest absolute Gasteiger partial charge is 0.253 e. The van der Waals surface area contributed by atoms with Crippen LogP contribution in [0.4, 0.5) is 0 Å². The van der Waals surface area contributed by atoms with Crippen LogP contribution in [0.15, 0.2) is 66.7 Å². The lowest BCUT2D eigenvalue weighted by molar-refractivity contribution is -0.109. The highest BCUT2D eigenvalue weighted by Crippen LogP contribution is 2.45. The molecule has 3 aromatic carbocycles. The molecule has 7 heteroatoms. The van der Waals surface area contributed by atoms with Crippen molar-refractivity contribution in [3.05, 3.63) is 94.0 Å². The Morgan fingerprint density at radius 3 is 2.62 bits per heavy atom. The Hall–Kier alpha value is -3.19. The number of halogens is 1. The van der Waals surface area contributed by atoms with E-state index >= 15 is 0 Å². The summed E-state index contributed by atoms with van der Waals surface area (Å²) in [6.45, 7) is 4.41. The van der Waals surface area contributed by atoms with Gasteiger partial charge in [0.2, 0.25) is 6.41 Å². The SMILES string of the molecule is CCc1cccc(-c2c(Cl)cccc2C(O)(CCCNC=O)[C@@H]2CCCN(C(=O)c3ccc(CNC)cc3)C2)c1. The Morgan fingerprint density at radius 1 is 1.12 bits per heavy atom. The number of aliphatic hydroxyl groups is 1. The van der Waals surface area contributed by atoms with Gasteiger partial charge in [0.25, 0.3) is 5.91 Å². The standard InChI is InChI=1S/C33H40ClN3O3/c1-3-24-8-4-9-27(20-24)31-29(11-5-12-30(31)34)33(40,17-7-18-36-23-38)28-10-6-19-37(22-28)32(39)26-15-13-25(14-16-26)21-35-2/h4-5,8-9,11-16,20,23,28,35,40H,3,6-7,10,17-19,21-22H2,1-2H3,(H,36,38)/t28-,33?/m1/s1. The molecule has 0 saturated carbocycles. The Kier molecular flexibility index (Phi) is 10.4. The zero-order chi connectivity index (χ0) is 28.5. The van der Waals surface area contributed by atoms with Crippen LogP contribution in [0.5, 0.6) is 0 Å². The number of amides is 2. The van der Waals surface area contributed by atoms with Crippen LogP contribution < -0.4 is 10.6 Å². The molecular formula is C33H40ClN3O3. The Labute approximate surface area is 242 Å². The van der Waals surface area contributed by atoms with Crippen molar-refractivity contribution in [3.8, 4) is 11.1 Å². The molecule has 212 valence electrons. The van der Waals surface area contributed by atoms with Gasteiger partial charge in [0.05, 0.1) is 5.60 Å². The van der Waals surface area contributed by atoms with Crippen LogP contribution in [0.3, 0.4) is 0 Å². The van der Waals surface area contributed by atoms with Crippen LogP contribution in [0.25, 0.3) is 11.1 Å². The van der Waals surface area contributed by atoms with E-state index in [1.54, 1.807) is 0 Å². The van der Waals surface area contributed by atoms with Crippen LogP contribution in [0.2, 0.25) is 5.02 Å². The van der Waals surface area contributed by atoms with Gasteiger partial charge in [-0.15, -0.1) is 0 Å². The van der Waals surface area contributed by atoms with Crippen molar-refractivity contribution in [2.24, 2.45) is 5.92 Å². The Bertz CT molecular complexity index is 1300. The van der Waals surface area contributed by atoms with Gasteiger partial charge in [-0.1, -0.05) is 67.1 Å². The third-order valence-corrected chi connectivity index (χ3v) is 8.35. The summed E-state index contributed by atoms with van der Waals surface area (Å²) in [6, 6.07) is 21.7. The number of benzene rings is 3. The number of nitrogens with one attached hydrogen (secondary N) is 2. The highest BCUT2D eigenvalue weighted by molar-refractivity contribution is 6.33. The molecule has 0 radical (unpaired) electrons. The number of nitrogens with zero attached hydrogens (tertiary/aromatic N) is 1. The highest BCUT2D eigenvalue weighted by Gasteiger charge is 2.43. The van der Waals surface area contributed by atoms with Crippen LogP contribution in [0.1, 0.15) is 59.7 Å². The zero-order valence-corrected chi connectivity index (χ0v) is 24.2. The second-order valence-electron chi connectivity index (χ2n) is 10.6. The van der Waals surface area contributed by atoms with E-state index in [4.69, 9.17) is 11.6 Å². The molecular weight excluding hydrogens is 522 g/mol. The van der Waals surface area contributed by atoms with Crippen molar-refractivity contribution >= 4 is 23.9 Å². The maximum Gasteiger partial charge on any atom is 0.253 e. The quantitative estimate of drug-likeness (QED) is 0.200. The summed E-state index contributed by atoms with van der Waals surface area (Å²) in [5, 5.41) is 19.1. The molecule has 2 atom stereocenters. The van der Waals surface area contributed by atoms with Gasteiger partial charge in [-0.25, -0.2) is 0 Å². The van der Waals surface area contributed by atoms with E-state index in [-0.39, 0.29) is 11.8 Å². The third-order valence-electron chi connectivity index (χ3n) is 8.03. The summed E-state index contributed by atoms with van der Waals surface area (Å²) in [5.74, 6) is -0.218. The number of hydrogen-bond donors (Lipinski definition) is 3. The fraction of sp³-hybridized carbons (Fsp3) is 0.394. The molecule has 1 unspecified atom stereocenters. The summed E-state index contributed by atoms with van der Waals surface area (Å²) < 4.78 is 0. The maximum atomic E-state index is 13.5. The van der Waals surface area contributed by atoms with Crippen molar-refractivity contribution in [3.63, 3.8) is 0 Å². The van der Waals surface area contributed by atoms with Gasteiger partial charge in [0.15, 0.2) is 0 Å². The first kappa shape index (κ1) is 29.8. The first-order valence-corrected chi connectivity index (χ1v) is 14.6. The third kappa shape index (κ3) is 6.74. The van der Waals surface area contributed by atoms with Gasteiger partial charge >= 0.3 is 0 Å². The fourth-order valence-electron chi connectivity index (χ4n) is 5.91. The molecule has 40 heavy (non-hydrogen) atoms. The van der Waals surface area contributed by atoms with Crippen LogP contribution in [0, 0.1) is 5.92 Å². The van der Waals surface area contributed by atoms with E-state index in [2.05, 4.69) is 29.7 Å². The summed E-state index contributed by atoms with van der Waals surface area (Å²) in [6.07, 6.45) is 4.18. The van der Waals surface area contributed by atoms with Crippen molar-refractivity contribution in [2.45, 2.75) is 51.2 Å². The van der Waals surface area contributed by atoms with E-state index in [1.807, 2.05) is 66.5 Å². The molecule has 1 aliphatic rings. The van der Waals surface area contributed by atoms with Crippen LogP contribution in [-0.2, 0) is 23.4 Å². The second-order valence-corrected chi connectivity index (χ2v) is 11.0. The summed E-state index contributed by atoms with van der Waals surface area (Å²) in [7, 11) is 1.90. The molecule has 0 aromatic heterocycles. The first-order valence-electron chi connectivity index (χ1n) is 14.2. The number of likely N-dealkylation sites (tertiary alicyclic amines) is 1. The maximum absolute atomic E-state index is 13.5. The van der Waals surface area contributed by atoms with Gasteiger partial charge in [-0.2, -0.15) is 0 Å². The lowest BCUT2D eigenvalue weighted by Crippen LogP contribution is -2.48. The Morgan fingerprint density at radius 2 is 1.90 bits per heavy atom. The summed E-state index contributed by atoms with van der Waals surface area (Å²) in [4.78, 5) is 26.3. The lowest BCUT2D eigenvalue weighted by Gasteiger charge is -2.44. The van der Waals surface area contributed by atoms with E-state index in [9.17, 15) is 14.7 Å². The minimum absolute atomic E-state index is 0.0207. The monoisotopic (exact) mass is 561 g/mol. The number of hydrogen-bond acceptors (Lipinski definition) is 4. The predicted octanol–water partition coefficient (Wildman–Crippen LogP) is 5.56. The van der Waals surface area contributed by atoms with Crippen molar-refractivity contribution in [1.29, 1.82) is 0 Å². The second kappa shape index (κ2) is 13.9. The van der Waals surface area contributed by atoms with E-state index in [0.29, 0.717) is 49.5 Å². The summed E-state index contributed by atoms with van der Waals surface area (Å²) >= 11 is 6.84. The average Bonchev–Trinajstić information content (AvgIpc) is 2.99. The van der Waals surface area contributed by atoms with E-state index < -0.39 is 5.60 Å². The number of carbonyl (C=O) groups is 2. The van der Waals surface area contributed by atoms with Crippen molar-refractivity contribution < 1.29 is 14.7 Å². The number of aryl methyl sites for hydroxylation is 1. The van der Waals surface area contributed by atoms with Gasteiger partial charge < -0.3 is 20.6 Å². The largest absolute Gasteiger partial charge is 0.385 e. The highest BCUT2D eigenvalue weighted by atomic mass is 35.5. The minimum Gasteiger partial charge on any atom is -0.385 e. The predicted molar refractivity (Wildman–Crippen MR) is 161 cm³/mol. The molecule has 0 bridgehead atoms. The molecule has 1 saturated heterocycles. The molecule has 2 amide bonds. The van der Waals surface area contributed by atoms with Crippen molar-refractivity contribution in [1.82, 2.24) is 15.5 Å². The van der Waals surface area contributed by atoms with Gasteiger partial charge in [-0.3, -0.25) is 9.59 Å². The lowest BCUT2D eigenvalue weighted by atomic mass is 9.72.